The van der Waals surface area contributed by atoms with Crippen LogP contribution in [0.5, 0.6) is 0 Å². The van der Waals surface area contributed by atoms with Crippen molar-refractivity contribution in [1.29, 1.82) is 0 Å². The van der Waals surface area contributed by atoms with Gasteiger partial charge in [-0.3, -0.25) is 4.79 Å². The number of nitrogens with two attached hydrogens (primary N) is 1. The molecular formula is C16H24ClN3OS. The quantitative estimate of drug-likeness (QED) is 0.774. The van der Waals surface area contributed by atoms with Gasteiger partial charge in [0.2, 0.25) is 0 Å². The third-order valence-corrected chi connectivity index (χ3v) is 4.36. The molecule has 1 atom stereocenters. The number of carbonyl (C=O) groups excluding carboxylic acids is 1. The average molecular weight is 342 g/mol. The molecule has 0 aromatic carbocycles. The van der Waals surface area contributed by atoms with Gasteiger partial charge >= 0.3 is 0 Å². The van der Waals surface area contributed by atoms with E-state index in [1.54, 1.807) is 11.3 Å². The summed E-state index contributed by atoms with van der Waals surface area (Å²) in [5.41, 5.74) is 6.44. The Morgan fingerprint density at radius 2 is 2.23 bits per heavy atom. The summed E-state index contributed by atoms with van der Waals surface area (Å²) >= 11 is 1.70. The van der Waals surface area contributed by atoms with Crippen LogP contribution in [-0.2, 0) is 6.54 Å². The lowest BCUT2D eigenvalue weighted by Gasteiger charge is -2.17. The normalized spacial score (nSPS) is 11.7. The lowest BCUT2D eigenvalue weighted by molar-refractivity contribution is 0.0927. The van der Waals surface area contributed by atoms with Crippen molar-refractivity contribution in [2.45, 2.75) is 38.8 Å². The molecule has 2 aromatic rings. The summed E-state index contributed by atoms with van der Waals surface area (Å²) in [6, 6.07) is 7.93. The molecule has 0 aliphatic heterocycles. The minimum absolute atomic E-state index is 0. The molecule has 1 amide bonds. The molecule has 122 valence electrons. The Kier molecular flexibility index (Phi) is 8.24. The minimum atomic E-state index is -0.0388. The van der Waals surface area contributed by atoms with Crippen molar-refractivity contribution in [1.82, 2.24) is 9.88 Å². The maximum atomic E-state index is 12.4. The van der Waals surface area contributed by atoms with Gasteiger partial charge in [-0.25, -0.2) is 0 Å². The molecule has 3 N–H and O–H groups in total. The van der Waals surface area contributed by atoms with Crippen LogP contribution in [-0.4, -0.2) is 23.1 Å². The highest BCUT2D eigenvalue weighted by Crippen LogP contribution is 2.13. The van der Waals surface area contributed by atoms with Gasteiger partial charge in [-0.05, 0) is 30.0 Å². The van der Waals surface area contributed by atoms with Crippen molar-refractivity contribution in [3.63, 3.8) is 0 Å². The van der Waals surface area contributed by atoms with Crippen LogP contribution in [0.25, 0.3) is 0 Å². The van der Waals surface area contributed by atoms with Gasteiger partial charge in [-0.1, -0.05) is 25.8 Å². The summed E-state index contributed by atoms with van der Waals surface area (Å²) < 4.78 is 1.98. The molecule has 4 nitrogen and oxygen atoms in total. The van der Waals surface area contributed by atoms with Crippen LogP contribution in [0.2, 0.25) is 0 Å². The summed E-state index contributed by atoms with van der Waals surface area (Å²) in [7, 11) is 0. The van der Waals surface area contributed by atoms with Gasteiger partial charge in [0.15, 0.2) is 0 Å². The van der Waals surface area contributed by atoms with E-state index in [0.29, 0.717) is 12.2 Å². The summed E-state index contributed by atoms with van der Waals surface area (Å²) in [5, 5.41) is 5.09. The Balaban J connectivity index is 0.00000242. The van der Waals surface area contributed by atoms with Crippen molar-refractivity contribution >= 4 is 29.7 Å². The van der Waals surface area contributed by atoms with Crippen LogP contribution < -0.4 is 11.1 Å². The van der Waals surface area contributed by atoms with Crippen LogP contribution in [0.15, 0.2) is 35.8 Å². The van der Waals surface area contributed by atoms with E-state index in [4.69, 9.17) is 5.73 Å². The van der Waals surface area contributed by atoms with Crippen LogP contribution in [0.1, 0.15) is 41.6 Å². The van der Waals surface area contributed by atoms with Crippen molar-refractivity contribution in [3.05, 3.63) is 46.4 Å². The second-order valence-electron chi connectivity index (χ2n) is 5.15. The third-order valence-electron chi connectivity index (χ3n) is 3.49. The maximum absolute atomic E-state index is 12.4. The molecule has 0 spiro atoms. The summed E-state index contributed by atoms with van der Waals surface area (Å²) in [4.78, 5) is 13.6. The van der Waals surface area contributed by atoms with Crippen molar-refractivity contribution in [2.75, 3.05) is 6.54 Å². The number of nitrogens with zero attached hydrogens (tertiary/aromatic N) is 1. The SMILES string of the molecule is CCCCC(CN)NC(=O)c1cccn1Cc1cccs1.Cl. The molecule has 0 saturated heterocycles. The first-order chi connectivity index (χ1) is 10.2. The van der Waals surface area contributed by atoms with Gasteiger partial charge in [0.05, 0.1) is 6.54 Å². The number of hydrogen-bond donors (Lipinski definition) is 2. The number of thiophene rings is 1. The zero-order valence-electron chi connectivity index (χ0n) is 12.8. The first-order valence-electron chi connectivity index (χ1n) is 7.43. The summed E-state index contributed by atoms with van der Waals surface area (Å²) in [6.07, 6.45) is 5.07. The van der Waals surface area contributed by atoms with Crippen LogP contribution in [0, 0.1) is 0 Å². The largest absolute Gasteiger partial charge is 0.347 e. The molecule has 22 heavy (non-hydrogen) atoms. The fourth-order valence-corrected chi connectivity index (χ4v) is 2.99. The Labute approximate surface area is 142 Å². The van der Waals surface area contributed by atoms with Crippen LogP contribution in [0.3, 0.4) is 0 Å². The van der Waals surface area contributed by atoms with Gasteiger partial charge in [-0.15, -0.1) is 23.7 Å². The van der Waals surface area contributed by atoms with Gasteiger partial charge in [0, 0.05) is 23.7 Å². The average Bonchev–Trinajstić information content (AvgIpc) is 3.15. The van der Waals surface area contributed by atoms with Gasteiger partial charge in [-0.2, -0.15) is 0 Å². The molecule has 0 aliphatic rings. The zero-order chi connectivity index (χ0) is 15.1. The summed E-state index contributed by atoms with van der Waals surface area (Å²) in [5.74, 6) is -0.0388. The molecule has 2 aromatic heterocycles. The Morgan fingerprint density at radius 1 is 1.41 bits per heavy atom. The van der Waals surface area contributed by atoms with E-state index < -0.39 is 0 Å². The monoisotopic (exact) mass is 341 g/mol. The topological polar surface area (TPSA) is 60.0 Å². The molecule has 2 rings (SSSR count). The molecule has 0 saturated carbocycles. The molecule has 2 heterocycles. The number of rotatable bonds is 8. The van der Waals surface area contributed by atoms with Crippen molar-refractivity contribution in [2.24, 2.45) is 5.73 Å². The van der Waals surface area contributed by atoms with Gasteiger partial charge < -0.3 is 15.6 Å². The van der Waals surface area contributed by atoms with Crippen molar-refractivity contribution in [3.8, 4) is 0 Å². The highest BCUT2D eigenvalue weighted by molar-refractivity contribution is 7.09. The lowest BCUT2D eigenvalue weighted by atomic mass is 10.1. The highest BCUT2D eigenvalue weighted by Gasteiger charge is 2.15. The molecular weight excluding hydrogens is 318 g/mol. The standard InChI is InChI=1S/C16H23N3OS.ClH/c1-2-3-6-13(11-17)18-16(20)15-8-4-9-19(15)12-14-7-5-10-21-14;/h4-5,7-10,13H,2-3,6,11-12,17H2,1H3,(H,18,20);1H. The highest BCUT2D eigenvalue weighted by atomic mass is 35.5. The van der Waals surface area contributed by atoms with E-state index in [1.165, 1.54) is 4.88 Å². The second-order valence-corrected chi connectivity index (χ2v) is 6.18. The van der Waals surface area contributed by atoms with Gasteiger partial charge in [0.1, 0.15) is 5.69 Å². The fourth-order valence-electron chi connectivity index (χ4n) is 2.29. The van der Waals surface area contributed by atoms with Crippen molar-refractivity contribution < 1.29 is 4.79 Å². The first-order valence-corrected chi connectivity index (χ1v) is 8.31. The molecule has 1 unspecified atom stereocenters. The third kappa shape index (κ3) is 5.16. The molecule has 0 bridgehead atoms. The number of unbranched alkanes of at least 4 members (excludes halogenated alkanes) is 1. The first kappa shape index (κ1) is 18.7. The smallest absolute Gasteiger partial charge is 0.268 e. The Morgan fingerprint density at radius 3 is 2.86 bits per heavy atom. The predicted octanol–water partition coefficient (Wildman–Crippen LogP) is 3.27. The second kappa shape index (κ2) is 9.66. The summed E-state index contributed by atoms with van der Waals surface area (Å²) in [6.45, 7) is 3.36. The van der Waals surface area contributed by atoms with Crippen LogP contribution in [0.4, 0.5) is 0 Å². The van der Waals surface area contributed by atoms with Gasteiger partial charge in [0.25, 0.3) is 5.91 Å². The minimum Gasteiger partial charge on any atom is -0.347 e. The van der Waals surface area contributed by atoms with Crippen LogP contribution >= 0.6 is 23.7 Å². The van der Waals surface area contributed by atoms with E-state index in [0.717, 1.165) is 25.8 Å². The Bertz CT molecular complexity index is 554. The molecule has 0 radical (unpaired) electrons. The predicted molar refractivity (Wildman–Crippen MR) is 94.9 cm³/mol. The number of nitrogens with one attached hydrogen (secondary N) is 1. The fraction of sp³-hybridized carbons (Fsp3) is 0.438. The van der Waals surface area contributed by atoms with E-state index in [-0.39, 0.29) is 24.4 Å². The van der Waals surface area contributed by atoms with E-state index in [1.807, 2.05) is 34.3 Å². The lowest BCUT2D eigenvalue weighted by Crippen LogP contribution is -2.40. The molecule has 0 fully saturated rings. The molecule has 0 aliphatic carbocycles. The number of amides is 1. The number of aromatic nitrogens is 1. The van der Waals surface area contributed by atoms with E-state index in [9.17, 15) is 4.79 Å². The number of carbonyl (C=O) groups is 1. The molecule has 6 heteroatoms. The zero-order valence-corrected chi connectivity index (χ0v) is 14.5. The number of halogens is 1. The maximum Gasteiger partial charge on any atom is 0.268 e. The van der Waals surface area contributed by atoms with E-state index >= 15 is 0 Å². The number of hydrogen-bond acceptors (Lipinski definition) is 3. The Hall–Kier alpha value is -1.30. The van der Waals surface area contributed by atoms with E-state index in [2.05, 4.69) is 18.3 Å².